The van der Waals surface area contributed by atoms with E-state index in [1.54, 1.807) is 0 Å². The van der Waals surface area contributed by atoms with Gasteiger partial charge in [-0.3, -0.25) is 4.57 Å². The Morgan fingerprint density at radius 2 is 0.967 bits per heavy atom. The monoisotopic (exact) mass is 772 g/mol. The molecular weight excluding hydrogens is 729 g/mol. The number of benzene rings is 8. The van der Waals surface area contributed by atoms with E-state index in [0.717, 1.165) is 62.8 Å². The van der Waals surface area contributed by atoms with Gasteiger partial charge in [-0.2, -0.15) is 0 Å². The topological polar surface area (TPSA) is 35.6 Å². The van der Waals surface area contributed by atoms with Crippen molar-refractivity contribution in [3.63, 3.8) is 0 Å². The summed E-state index contributed by atoms with van der Waals surface area (Å²) in [6.07, 6.45) is 2.31. The van der Waals surface area contributed by atoms with E-state index >= 15 is 0 Å². The lowest BCUT2D eigenvalue weighted by molar-refractivity contribution is 0.332. The van der Waals surface area contributed by atoms with Crippen molar-refractivity contribution in [3.8, 4) is 34.0 Å². The van der Waals surface area contributed by atoms with Crippen LogP contribution in [0, 0.1) is 0 Å². The van der Waals surface area contributed by atoms with Crippen molar-refractivity contribution in [2.75, 3.05) is 0 Å². The molecule has 3 heterocycles. The zero-order chi connectivity index (χ0) is 40.3. The van der Waals surface area contributed by atoms with Crippen LogP contribution in [0.5, 0.6) is 0 Å². The molecule has 0 radical (unpaired) electrons. The van der Waals surface area contributed by atoms with Crippen LogP contribution in [0.15, 0.2) is 170 Å². The molecule has 0 spiro atoms. The summed E-state index contributed by atoms with van der Waals surface area (Å²) in [4.78, 5) is 11.2. The first-order valence-electron chi connectivity index (χ1n) is 21.2. The molecule has 4 heteroatoms. The van der Waals surface area contributed by atoms with Crippen molar-refractivity contribution < 1.29 is 0 Å². The van der Waals surface area contributed by atoms with Crippen LogP contribution in [0.3, 0.4) is 0 Å². The van der Waals surface area contributed by atoms with E-state index in [1.165, 1.54) is 54.5 Å². The van der Waals surface area contributed by atoms with Gasteiger partial charge in [-0.25, -0.2) is 9.97 Å². The van der Waals surface area contributed by atoms with Crippen molar-refractivity contribution in [2.24, 2.45) is 0 Å². The molecule has 0 unspecified atom stereocenters. The van der Waals surface area contributed by atoms with Crippen LogP contribution >= 0.6 is 0 Å². The second-order valence-corrected chi connectivity index (χ2v) is 18.0. The summed E-state index contributed by atoms with van der Waals surface area (Å²) in [5.41, 5.74) is 13.9. The highest BCUT2D eigenvalue weighted by Crippen LogP contribution is 2.51. The smallest absolute Gasteiger partial charge is 0.235 e. The van der Waals surface area contributed by atoms with Crippen molar-refractivity contribution in [3.05, 3.63) is 181 Å². The molecule has 1 aliphatic carbocycles. The summed E-state index contributed by atoms with van der Waals surface area (Å²) in [5, 5.41) is 8.45. The first-order valence-corrected chi connectivity index (χ1v) is 21.2. The van der Waals surface area contributed by atoms with Gasteiger partial charge in [0.2, 0.25) is 5.95 Å². The van der Waals surface area contributed by atoms with E-state index in [1.807, 2.05) is 0 Å². The average molecular weight is 773 g/mol. The predicted molar refractivity (Wildman–Crippen MR) is 252 cm³/mol. The van der Waals surface area contributed by atoms with Gasteiger partial charge in [0.1, 0.15) is 0 Å². The Labute approximate surface area is 349 Å². The number of hydrogen-bond acceptors (Lipinski definition) is 2. The largest absolute Gasteiger partial charge is 0.307 e. The number of rotatable bonds is 4. The van der Waals surface area contributed by atoms with Gasteiger partial charge in [-0.1, -0.05) is 161 Å². The van der Waals surface area contributed by atoms with E-state index in [-0.39, 0.29) is 10.8 Å². The number of aromatic nitrogens is 4. The van der Waals surface area contributed by atoms with Crippen LogP contribution in [0.25, 0.3) is 99.3 Å². The molecule has 0 fully saturated rings. The average Bonchev–Trinajstić information content (AvgIpc) is 3.82. The highest BCUT2D eigenvalue weighted by molar-refractivity contribution is 6.36. The summed E-state index contributed by atoms with van der Waals surface area (Å²) in [6.45, 7) is 9.72. The standard InChI is InChI=1S/C56H44N4/c1-55(2)31-32-56(3,4)45-34-48-43(33-44(45)55)50-39-25-13-12-24-38(39)49-42-28-16-18-30-47(42)60(53(49)52(50)59(48)36-21-9-6-10-22-36)54-57-46-29-17-15-27-41(46)51(58-54)40-26-14-11-23-37(40)35-19-7-5-8-20-35/h5-30,33-34H,31-32H2,1-4H3. The molecule has 0 bridgehead atoms. The Bertz CT molecular complexity index is 3530. The minimum Gasteiger partial charge on any atom is -0.307 e. The SMILES string of the molecule is CC1(C)CCC(C)(C)c2cc3c(cc21)c1c2ccccc2c2c4ccccc4n(-c4nc(-c5ccccc5-c5ccccc5)c5ccccc5n4)c2c1n3-c1ccccc1. The lowest BCUT2D eigenvalue weighted by Gasteiger charge is -2.42. The Hall–Kier alpha value is -7.04. The molecule has 8 aromatic carbocycles. The Balaban J connectivity index is 1.31. The zero-order valence-corrected chi connectivity index (χ0v) is 34.4. The third-order valence-corrected chi connectivity index (χ3v) is 13.6. The fraction of sp³-hybridized carbons (Fsp3) is 0.143. The van der Waals surface area contributed by atoms with Gasteiger partial charge in [0.05, 0.1) is 33.3 Å². The normalized spacial score (nSPS) is 14.8. The van der Waals surface area contributed by atoms with E-state index in [2.05, 4.69) is 207 Å². The van der Waals surface area contributed by atoms with Crippen LogP contribution in [0.2, 0.25) is 0 Å². The van der Waals surface area contributed by atoms with Gasteiger partial charge in [-0.15, -0.1) is 0 Å². The first kappa shape index (κ1) is 35.0. The lowest BCUT2D eigenvalue weighted by atomic mass is 9.63. The summed E-state index contributed by atoms with van der Waals surface area (Å²) >= 11 is 0. The lowest BCUT2D eigenvalue weighted by Crippen LogP contribution is -2.33. The molecule has 11 aromatic rings. The van der Waals surface area contributed by atoms with Crippen molar-refractivity contribution in [1.29, 1.82) is 0 Å². The maximum absolute atomic E-state index is 5.69. The number of hydrogen-bond donors (Lipinski definition) is 0. The second kappa shape index (κ2) is 12.7. The molecule has 0 saturated heterocycles. The minimum absolute atomic E-state index is 0.0503. The molecular formula is C56H44N4. The maximum Gasteiger partial charge on any atom is 0.235 e. The number of nitrogens with zero attached hydrogens (tertiary/aromatic N) is 4. The Morgan fingerprint density at radius 1 is 0.433 bits per heavy atom. The fourth-order valence-corrected chi connectivity index (χ4v) is 10.5. The molecule has 288 valence electrons. The van der Waals surface area contributed by atoms with E-state index in [9.17, 15) is 0 Å². The van der Waals surface area contributed by atoms with E-state index in [0.29, 0.717) is 5.95 Å². The van der Waals surface area contributed by atoms with Crippen LogP contribution in [-0.4, -0.2) is 19.1 Å². The van der Waals surface area contributed by atoms with Crippen molar-refractivity contribution in [1.82, 2.24) is 19.1 Å². The van der Waals surface area contributed by atoms with Crippen LogP contribution in [0.4, 0.5) is 0 Å². The fourth-order valence-electron chi connectivity index (χ4n) is 10.5. The first-order chi connectivity index (χ1) is 29.3. The quantitative estimate of drug-likeness (QED) is 0.179. The molecule has 0 atom stereocenters. The summed E-state index contributed by atoms with van der Waals surface area (Å²) in [7, 11) is 0. The van der Waals surface area contributed by atoms with E-state index < -0.39 is 0 Å². The van der Waals surface area contributed by atoms with Crippen molar-refractivity contribution >= 4 is 65.3 Å². The predicted octanol–water partition coefficient (Wildman–Crippen LogP) is 14.7. The Kier molecular flexibility index (Phi) is 7.41. The molecule has 0 aliphatic heterocycles. The third-order valence-electron chi connectivity index (χ3n) is 13.6. The maximum atomic E-state index is 5.69. The molecule has 4 nitrogen and oxygen atoms in total. The van der Waals surface area contributed by atoms with Gasteiger partial charge in [0, 0.05) is 38.2 Å². The summed E-state index contributed by atoms with van der Waals surface area (Å²) in [5.74, 6) is 0.653. The molecule has 60 heavy (non-hydrogen) atoms. The number of para-hydroxylation sites is 3. The zero-order valence-electron chi connectivity index (χ0n) is 34.4. The number of fused-ring (bicyclic) bond motifs is 12. The molecule has 0 saturated carbocycles. The third kappa shape index (κ3) is 4.97. The van der Waals surface area contributed by atoms with Gasteiger partial charge < -0.3 is 4.57 Å². The Morgan fingerprint density at radius 3 is 1.68 bits per heavy atom. The van der Waals surface area contributed by atoms with Crippen LogP contribution < -0.4 is 0 Å². The molecule has 0 N–H and O–H groups in total. The summed E-state index contributed by atoms with van der Waals surface area (Å²) < 4.78 is 4.91. The summed E-state index contributed by atoms with van der Waals surface area (Å²) in [6, 6.07) is 61.7. The van der Waals surface area contributed by atoms with Gasteiger partial charge >= 0.3 is 0 Å². The van der Waals surface area contributed by atoms with Crippen LogP contribution in [-0.2, 0) is 10.8 Å². The van der Waals surface area contributed by atoms with Crippen molar-refractivity contribution in [2.45, 2.75) is 51.4 Å². The van der Waals surface area contributed by atoms with Gasteiger partial charge in [0.25, 0.3) is 0 Å². The minimum atomic E-state index is 0.0503. The molecule has 1 aliphatic rings. The highest BCUT2D eigenvalue weighted by atomic mass is 15.2. The van der Waals surface area contributed by atoms with E-state index in [4.69, 9.17) is 9.97 Å². The molecule has 3 aromatic heterocycles. The highest BCUT2D eigenvalue weighted by Gasteiger charge is 2.38. The molecule has 0 amide bonds. The van der Waals surface area contributed by atoms with Crippen LogP contribution in [0.1, 0.15) is 51.7 Å². The van der Waals surface area contributed by atoms with Gasteiger partial charge in [-0.05, 0) is 93.1 Å². The molecule has 12 rings (SSSR count). The second-order valence-electron chi connectivity index (χ2n) is 18.0. The van der Waals surface area contributed by atoms with Gasteiger partial charge in [0.15, 0.2) is 0 Å².